The fourth-order valence-corrected chi connectivity index (χ4v) is 3.54. The Morgan fingerprint density at radius 1 is 1.43 bits per heavy atom. The van der Waals surface area contributed by atoms with Crippen LogP contribution in [0.2, 0.25) is 0 Å². The molecule has 0 bridgehead atoms. The summed E-state index contributed by atoms with van der Waals surface area (Å²) in [5, 5.41) is 4.18. The van der Waals surface area contributed by atoms with Crippen molar-refractivity contribution >= 4 is 30.7 Å². The summed E-state index contributed by atoms with van der Waals surface area (Å²) in [5.74, 6) is 0.736. The van der Waals surface area contributed by atoms with E-state index in [1.807, 2.05) is 24.3 Å². The lowest BCUT2D eigenvalue weighted by Crippen LogP contribution is -2.46. The molecule has 1 saturated carbocycles. The van der Waals surface area contributed by atoms with Gasteiger partial charge in [-0.15, -0.1) is 24.8 Å². The molecule has 1 aliphatic carbocycles. The molecule has 2 heterocycles. The number of nitrogens with two attached hydrogens (primary N) is 1. The van der Waals surface area contributed by atoms with Crippen LogP contribution in [0.1, 0.15) is 30.9 Å². The second-order valence-corrected chi connectivity index (χ2v) is 6.12. The number of nitrogens with zero attached hydrogens (tertiary/aromatic N) is 3. The van der Waals surface area contributed by atoms with Gasteiger partial charge in [-0.2, -0.15) is 5.10 Å². The van der Waals surface area contributed by atoms with Gasteiger partial charge in [-0.25, -0.2) is 0 Å². The fourth-order valence-electron chi connectivity index (χ4n) is 3.54. The highest BCUT2D eigenvalue weighted by molar-refractivity contribution is 5.85. The maximum Gasteiger partial charge on any atom is 0.226 e. The lowest BCUT2D eigenvalue weighted by atomic mass is 9.94. The summed E-state index contributed by atoms with van der Waals surface area (Å²) in [6, 6.07) is 0. The van der Waals surface area contributed by atoms with Crippen molar-refractivity contribution in [2.24, 2.45) is 24.6 Å². The van der Waals surface area contributed by atoms with E-state index in [9.17, 15) is 4.79 Å². The van der Waals surface area contributed by atoms with Crippen molar-refractivity contribution in [3.63, 3.8) is 0 Å². The number of aryl methyl sites for hydroxylation is 1. The Balaban J connectivity index is 0.00000132. The van der Waals surface area contributed by atoms with Crippen molar-refractivity contribution < 1.29 is 9.53 Å². The summed E-state index contributed by atoms with van der Waals surface area (Å²) < 4.78 is 7.57. The highest BCUT2D eigenvalue weighted by Crippen LogP contribution is 2.33. The van der Waals surface area contributed by atoms with Crippen LogP contribution in [0.3, 0.4) is 0 Å². The van der Waals surface area contributed by atoms with Gasteiger partial charge in [0.25, 0.3) is 0 Å². The molecule has 0 radical (unpaired) electrons. The first kappa shape index (κ1) is 20.2. The summed E-state index contributed by atoms with van der Waals surface area (Å²) in [7, 11) is 1.89. The van der Waals surface area contributed by atoms with Gasteiger partial charge in [-0.3, -0.25) is 9.48 Å². The van der Waals surface area contributed by atoms with Crippen molar-refractivity contribution in [3.05, 3.63) is 18.0 Å². The molecular weight excluding hydrogens is 339 g/mol. The number of hydrogen-bond donors (Lipinski definition) is 1. The summed E-state index contributed by atoms with van der Waals surface area (Å²) in [5.41, 5.74) is 6.84. The van der Waals surface area contributed by atoms with Crippen molar-refractivity contribution in [1.29, 1.82) is 0 Å². The fraction of sp³-hybridized carbons (Fsp3) is 0.733. The van der Waals surface area contributed by atoms with Gasteiger partial charge in [0.05, 0.1) is 19.3 Å². The zero-order valence-corrected chi connectivity index (χ0v) is 15.0. The Morgan fingerprint density at radius 2 is 2.22 bits per heavy atom. The molecule has 1 unspecified atom stereocenters. The van der Waals surface area contributed by atoms with Crippen LogP contribution in [-0.4, -0.2) is 46.8 Å². The summed E-state index contributed by atoms with van der Waals surface area (Å²) in [6.45, 7) is 2.51. The highest BCUT2D eigenvalue weighted by Gasteiger charge is 2.36. The van der Waals surface area contributed by atoms with E-state index >= 15 is 0 Å². The van der Waals surface area contributed by atoms with Gasteiger partial charge in [0.15, 0.2) is 0 Å². The molecular formula is C15H26Cl2N4O2. The predicted octanol–water partition coefficient (Wildman–Crippen LogP) is 1.54. The second-order valence-electron chi connectivity index (χ2n) is 6.12. The quantitative estimate of drug-likeness (QED) is 0.882. The van der Waals surface area contributed by atoms with E-state index in [2.05, 4.69) is 5.10 Å². The maximum absolute atomic E-state index is 12.7. The average Bonchev–Trinajstić information content (AvgIpc) is 3.15. The lowest BCUT2D eigenvalue weighted by molar-refractivity contribution is -0.144. The van der Waals surface area contributed by atoms with Crippen LogP contribution in [0.5, 0.6) is 0 Å². The zero-order valence-electron chi connectivity index (χ0n) is 13.4. The topological polar surface area (TPSA) is 73.4 Å². The Kier molecular flexibility index (Phi) is 7.80. The third-order valence-electron chi connectivity index (χ3n) is 4.75. The first-order valence-corrected chi connectivity index (χ1v) is 7.78. The SMILES string of the molecule is Cl.Cl.Cn1cc(C2CN(C(=O)[C@@H]3CCC[C@@H]3CN)CCO2)cn1. The van der Waals surface area contributed by atoms with Crippen LogP contribution in [0, 0.1) is 11.8 Å². The normalized spacial score (nSPS) is 27.2. The molecule has 1 aromatic rings. The average molecular weight is 365 g/mol. The number of aromatic nitrogens is 2. The van der Waals surface area contributed by atoms with Crippen molar-refractivity contribution in [1.82, 2.24) is 14.7 Å². The van der Waals surface area contributed by atoms with E-state index in [1.165, 1.54) is 0 Å². The minimum Gasteiger partial charge on any atom is -0.370 e. The first-order valence-electron chi connectivity index (χ1n) is 7.78. The molecule has 2 fully saturated rings. The molecule has 2 N–H and O–H groups in total. The third kappa shape index (κ3) is 4.38. The van der Waals surface area contributed by atoms with E-state index < -0.39 is 0 Å². The number of ether oxygens (including phenoxy) is 1. The van der Waals surface area contributed by atoms with Gasteiger partial charge in [-0.05, 0) is 25.3 Å². The molecule has 3 rings (SSSR count). The van der Waals surface area contributed by atoms with Crippen molar-refractivity contribution in [2.75, 3.05) is 26.2 Å². The Labute approximate surface area is 149 Å². The van der Waals surface area contributed by atoms with E-state index in [-0.39, 0.29) is 42.7 Å². The maximum atomic E-state index is 12.7. The van der Waals surface area contributed by atoms with Crippen LogP contribution >= 0.6 is 24.8 Å². The number of amides is 1. The van der Waals surface area contributed by atoms with Gasteiger partial charge >= 0.3 is 0 Å². The van der Waals surface area contributed by atoms with Crippen molar-refractivity contribution in [2.45, 2.75) is 25.4 Å². The molecule has 0 aromatic carbocycles. The molecule has 3 atom stereocenters. The Morgan fingerprint density at radius 3 is 2.87 bits per heavy atom. The summed E-state index contributed by atoms with van der Waals surface area (Å²) >= 11 is 0. The minimum atomic E-state index is -0.0610. The molecule has 0 spiro atoms. The number of carbonyl (C=O) groups is 1. The second kappa shape index (κ2) is 8.87. The van der Waals surface area contributed by atoms with Gasteiger partial charge in [-0.1, -0.05) is 6.42 Å². The first-order chi connectivity index (χ1) is 10.2. The molecule has 1 saturated heterocycles. The molecule has 132 valence electrons. The van der Waals surface area contributed by atoms with Gasteiger partial charge in [0.1, 0.15) is 6.10 Å². The number of hydrogen-bond acceptors (Lipinski definition) is 4. The molecule has 23 heavy (non-hydrogen) atoms. The van der Waals surface area contributed by atoms with Gasteiger partial charge < -0.3 is 15.4 Å². The number of halogens is 2. The van der Waals surface area contributed by atoms with Gasteiger partial charge in [0, 0.05) is 31.3 Å². The van der Waals surface area contributed by atoms with Crippen LogP contribution in [-0.2, 0) is 16.6 Å². The predicted molar refractivity (Wildman–Crippen MR) is 92.9 cm³/mol. The molecule has 2 aliphatic rings. The largest absolute Gasteiger partial charge is 0.370 e. The highest BCUT2D eigenvalue weighted by atomic mass is 35.5. The number of morpholine rings is 1. The Hall–Kier alpha value is -0.820. The number of carbonyl (C=O) groups excluding carboxylic acids is 1. The van der Waals surface area contributed by atoms with Crippen LogP contribution in [0.25, 0.3) is 0 Å². The molecule has 1 amide bonds. The Bertz CT molecular complexity index is 511. The van der Waals surface area contributed by atoms with Crippen LogP contribution < -0.4 is 5.73 Å². The summed E-state index contributed by atoms with van der Waals surface area (Å²) in [6.07, 6.45) is 6.90. The standard InChI is InChI=1S/C15H24N4O2.2ClH/c1-18-9-12(8-17-18)14-10-19(5-6-21-14)15(20)13-4-2-3-11(13)7-16;;/h8-9,11,13-14H,2-7,10,16H2,1H3;2*1H/t11-,13-,14?;;/m1../s1. The molecule has 6 nitrogen and oxygen atoms in total. The van der Waals surface area contributed by atoms with E-state index in [0.29, 0.717) is 32.2 Å². The minimum absolute atomic E-state index is 0. The molecule has 8 heteroatoms. The van der Waals surface area contributed by atoms with Crippen LogP contribution in [0.4, 0.5) is 0 Å². The van der Waals surface area contributed by atoms with E-state index in [1.54, 1.807) is 4.68 Å². The van der Waals surface area contributed by atoms with E-state index in [4.69, 9.17) is 10.5 Å². The zero-order chi connectivity index (χ0) is 14.8. The molecule has 1 aliphatic heterocycles. The van der Waals surface area contributed by atoms with Crippen LogP contribution in [0.15, 0.2) is 12.4 Å². The van der Waals surface area contributed by atoms with E-state index in [0.717, 1.165) is 24.8 Å². The monoisotopic (exact) mass is 364 g/mol. The third-order valence-corrected chi connectivity index (χ3v) is 4.75. The lowest BCUT2D eigenvalue weighted by Gasteiger charge is -2.35. The van der Waals surface area contributed by atoms with Gasteiger partial charge in [0.2, 0.25) is 5.91 Å². The van der Waals surface area contributed by atoms with Crippen molar-refractivity contribution in [3.8, 4) is 0 Å². The molecule has 1 aromatic heterocycles. The summed E-state index contributed by atoms with van der Waals surface area (Å²) in [4.78, 5) is 14.7. The smallest absolute Gasteiger partial charge is 0.226 e. The number of rotatable bonds is 3.